The zero-order valence-electron chi connectivity index (χ0n) is 13.0. The molecule has 1 saturated carbocycles. The van der Waals surface area contributed by atoms with E-state index in [0.717, 1.165) is 49.1 Å². The number of fused-ring (bicyclic) bond motifs is 1. The first kappa shape index (κ1) is 15.0. The van der Waals surface area contributed by atoms with E-state index in [9.17, 15) is 9.90 Å². The first-order valence-electron chi connectivity index (χ1n) is 7.98. The van der Waals surface area contributed by atoms with Crippen LogP contribution in [0.25, 0.3) is 5.65 Å². The van der Waals surface area contributed by atoms with E-state index >= 15 is 0 Å². The fraction of sp³-hybridized carbons (Fsp3) is 0.529. The van der Waals surface area contributed by atoms with E-state index in [-0.39, 0.29) is 12.3 Å². The van der Waals surface area contributed by atoms with Crippen molar-refractivity contribution in [3.05, 3.63) is 35.8 Å². The quantitative estimate of drug-likeness (QED) is 0.911. The maximum absolute atomic E-state index is 12.1. The number of pyridine rings is 1. The number of aryl methyl sites for hydroxylation is 1. The Morgan fingerprint density at radius 1 is 1.36 bits per heavy atom. The highest BCUT2D eigenvalue weighted by Crippen LogP contribution is 2.30. The molecule has 1 aliphatic carbocycles. The largest absolute Gasteiger partial charge is 0.389 e. The summed E-state index contributed by atoms with van der Waals surface area (Å²) in [7, 11) is 0. The molecule has 0 saturated heterocycles. The van der Waals surface area contributed by atoms with Gasteiger partial charge >= 0.3 is 0 Å². The number of nitrogens with one attached hydrogen (secondary N) is 1. The van der Waals surface area contributed by atoms with Crippen molar-refractivity contribution >= 4 is 11.6 Å². The molecule has 1 fully saturated rings. The van der Waals surface area contributed by atoms with Gasteiger partial charge in [-0.15, -0.1) is 0 Å². The number of aliphatic hydroxyl groups is 1. The molecule has 0 unspecified atom stereocenters. The predicted octanol–water partition coefficient (Wildman–Crippen LogP) is 2.34. The van der Waals surface area contributed by atoms with Gasteiger partial charge in [0, 0.05) is 11.9 Å². The van der Waals surface area contributed by atoms with E-state index in [4.69, 9.17) is 0 Å². The van der Waals surface area contributed by atoms with Crippen LogP contribution in [0, 0.1) is 6.92 Å². The lowest BCUT2D eigenvalue weighted by Crippen LogP contribution is -2.38. The van der Waals surface area contributed by atoms with Gasteiger partial charge in [0.05, 0.1) is 24.3 Å². The van der Waals surface area contributed by atoms with Gasteiger partial charge in [-0.1, -0.05) is 25.3 Å². The molecule has 22 heavy (non-hydrogen) atoms. The van der Waals surface area contributed by atoms with Crippen LogP contribution in [0.4, 0.5) is 0 Å². The summed E-state index contributed by atoms with van der Waals surface area (Å²) in [6.45, 7) is 2.42. The minimum Gasteiger partial charge on any atom is -0.389 e. The lowest BCUT2D eigenvalue weighted by molar-refractivity contribution is -0.127. The Kier molecular flexibility index (Phi) is 4.16. The molecule has 2 aromatic heterocycles. The SMILES string of the molecule is Cc1cccc2nc(CNC(=O)CC3(O)CCCCC3)cn12. The highest BCUT2D eigenvalue weighted by molar-refractivity contribution is 5.77. The Morgan fingerprint density at radius 3 is 2.86 bits per heavy atom. The number of rotatable bonds is 4. The summed E-state index contributed by atoms with van der Waals surface area (Å²) in [5, 5.41) is 13.3. The Hall–Kier alpha value is -1.88. The van der Waals surface area contributed by atoms with Crippen LogP contribution in [0.5, 0.6) is 0 Å². The lowest BCUT2D eigenvalue weighted by Gasteiger charge is -2.31. The second kappa shape index (κ2) is 6.08. The van der Waals surface area contributed by atoms with E-state index < -0.39 is 5.60 Å². The highest BCUT2D eigenvalue weighted by atomic mass is 16.3. The van der Waals surface area contributed by atoms with Crippen LogP contribution in [0.15, 0.2) is 24.4 Å². The van der Waals surface area contributed by atoms with E-state index in [1.165, 1.54) is 0 Å². The molecule has 2 N–H and O–H groups in total. The van der Waals surface area contributed by atoms with Crippen molar-refractivity contribution in [1.82, 2.24) is 14.7 Å². The van der Waals surface area contributed by atoms with Crippen LogP contribution in [-0.2, 0) is 11.3 Å². The standard InChI is InChI=1S/C17H23N3O2/c1-13-6-5-7-15-19-14(12-20(13)15)11-18-16(21)10-17(22)8-3-2-4-9-17/h5-7,12,22H,2-4,8-11H2,1H3,(H,18,21). The number of carbonyl (C=O) groups excluding carboxylic acids is 1. The third-order valence-electron chi connectivity index (χ3n) is 4.49. The molecule has 2 heterocycles. The fourth-order valence-corrected chi connectivity index (χ4v) is 3.22. The maximum atomic E-state index is 12.1. The van der Waals surface area contributed by atoms with Crippen molar-refractivity contribution < 1.29 is 9.90 Å². The molecule has 1 aliphatic rings. The third-order valence-corrected chi connectivity index (χ3v) is 4.49. The Bertz CT molecular complexity index is 672. The van der Waals surface area contributed by atoms with Crippen LogP contribution >= 0.6 is 0 Å². The van der Waals surface area contributed by atoms with Gasteiger partial charge in [0.15, 0.2) is 0 Å². The number of carbonyl (C=O) groups is 1. The molecule has 0 bridgehead atoms. The predicted molar refractivity (Wildman–Crippen MR) is 84.4 cm³/mol. The van der Waals surface area contributed by atoms with Gasteiger partial charge in [-0.3, -0.25) is 4.79 Å². The van der Waals surface area contributed by atoms with Gasteiger partial charge in [0.25, 0.3) is 0 Å². The molecule has 3 rings (SSSR count). The first-order chi connectivity index (χ1) is 10.6. The number of aromatic nitrogens is 2. The summed E-state index contributed by atoms with van der Waals surface area (Å²) >= 11 is 0. The normalized spacial score (nSPS) is 17.5. The van der Waals surface area contributed by atoms with Crippen molar-refractivity contribution in [2.75, 3.05) is 0 Å². The van der Waals surface area contributed by atoms with Crippen LogP contribution in [0.3, 0.4) is 0 Å². The maximum Gasteiger partial charge on any atom is 0.223 e. The van der Waals surface area contributed by atoms with Crippen molar-refractivity contribution in [3.8, 4) is 0 Å². The van der Waals surface area contributed by atoms with Gasteiger partial charge in [-0.25, -0.2) is 4.98 Å². The van der Waals surface area contributed by atoms with Crippen LogP contribution in [0.1, 0.15) is 49.9 Å². The van der Waals surface area contributed by atoms with Crippen molar-refractivity contribution in [2.24, 2.45) is 0 Å². The average Bonchev–Trinajstić information content (AvgIpc) is 2.90. The highest BCUT2D eigenvalue weighted by Gasteiger charge is 2.31. The Labute approximate surface area is 130 Å². The van der Waals surface area contributed by atoms with Crippen LogP contribution in [-0.4, -0.2) is 26.0 Å². The van der Waals surface area contributed by atoms with E-state index in [0.29, 0.717) is 6.54 Å². The number of hydrogen-bond donors (Lipinski definition) is 2. The molecule has 118 valence electrons. The fourth-order valence-electron chi connectivity index (χ4n) is 3.22. The van der Waals surface area contributed by atoms with Crippen molar-refractivity contribution in [3.63, 3.8) is 0 Å². The summed E-state index contributed by atoms with van der Waals surface area (Å²) in [6.07, 6.45) is 6.77. The first-order valence-corrected chi connectivity index (χ1v) is 7.98. The molecule has 0 spiro atoms. The Morgan fingerprint density at radius 2 is 2.14 bits per heavy atom. The van der Waals surface area contributed by atoms with Crippen LogP contribution in [0.2, 0.25) is 0 Å². The number of imidazole rings is 1. The Balaban J connectivity index is 1.59. The smallest absolute Gasteiger partial charge is 0.223 e. The lowest BCUT2D eigenvalue weighted by atomic mass is 9.82. The van der Waals surface area contributed by atoms with Gasteiger partial charge in [0.1, 0.15) is 5.65 Å². The van der Waals surface area contributed by atoms with Crippen LogP contribution < -0.4 is 5.32 Å². The van der Waals surface area contributed by atoms with E-state index in [1.807, 2.05) is 35.7 Å². The van der Waals surface area contributed by atoms with E-state index in [2.05, 4.69) is 10.3 Å². The van der Waals surface area contributed by atoms with E-state index in [1.54, 1.807) is 0 Å². The average molecular weight is 301 g/mol. The number of hydrogen-bond acceptors (Lipinski definition) is 3. The topological polar surface area (TPSA) is 66.6 Å². The molecule has 1 amide bonds. The third kappa shape index (κ3) is 3.30. The van der Waals surface area contributed by atoms with Gasteiger partial charge in [0.2, 0.25) is 5.91 Å². The second-order valence-electron chi connectivity index (χ2n) is 6.37. The number of amides is 1. The molecular formula is C17H23N3O2. The summed E-state index contributed by atoms with van der Waals surface area (Å²) in [5.41, 5.74) is 2.02. The zero-order valence-corrected chi connectivity index (χ0v) is 13.0. The van der Waals surface area contributed by atoms with Crippen molar-refractivity contribution in [1.29, 1.82) is 0 Å². The van der Waals surface area contributed by atoms with Gasteiger partial charge in [-0.2, -0.15) is 0 Å². The zero-order chi connectivity index (χ0) is 15.6. The minimum absolute atomic E-state index is 0.0989. The summed E-state index contributed by atoms with van der Waals surface area (Å²) < 4.78 is 2.01. The summed E-state index contributed by atoms with van der Waals surface area (Å²) in [6, 6.07) is 5.94. The molecule has 0 aromatic carbocycles. The molecule has 0 radical (unpaired) electrons. The molecule has 0 atom stereocenters. The molecule has 5 heteroatoms. The minimum atomic E-state index is -0.808. The summed E-state index contributed by atoms with van der Waals surface area (Å²) in [5.74, 6) is -0.0989. The molecule has 2 aromatic rings. The molecular weight excluding hydrogens is 278 g/mol. The molecule has 0 aliphatic heterocycles. The van der Waals surface area contributed by atoms with Crippen molar-refractivity contribution in [2.45, 2.75) is 57.6 Å². The van der Waals surface area contributed by atoms with Gasteiger partial charge < -0.3 is 14.8 Å². The summed E-state index contributed by atoms with van der Waals surface area (Å²) in [4.78, 5) is 16.6. The monoisotopic (exact) mass is 301 g/mol. The molecule has 5 nitrogen and oxygen atoms in total. The number of nitrogens with zero attached hydrogens (tertiary/aromatic N) is 2. The second-order valence-corrected chi connectivity index (χ2v) is 6.37. The van der Waals surface area contributed by atoms with Gasteiger partial charge in [-0.05, 0) is 31.9 Å².